The van der Waals surface area contributed by atoms with Crippen molar-refractivity contribution < 1.29 is 8.42 Å². The van der Waals surface area contributed by atoms with Gasteiger partial charge in [0.1, 0.15) is 0 Å². The summed E-state index contributed by atoms with van der Waals surface area (Å²) in [4.78, 5) is 6.94. The van der Waals surface area contributed by atoms with Crippen molar-refractivity contribution in [2.45, 2.75) is 31.7 Å². The summed E-state index contributed by atoms with van der Waals surface area (Å²) in [5.74, 6) is 0.992. The third-order valence-electron chi connectivity index (χ3n) is 5.05. The minimum absolute atomic E-state index is 0.121. The molecule has 0 amide bonds. The molecule has 0 aliphatic carbocycles. The first-order valence-corrected chi connectivity index (χ1v) is 12.0. The first-order chi connectivity index (χ1) is 12.8. The largest absolute Gasteiger partial charge is 0.315 e. The first-order valence-electron chi connectivity index (χ1n) is 8.85. The number of halogens is 1. The summed E-state index contributed by atoms with van der Waals surface area (Å²) < 4.78 is 24.4. The van der Waals surface area contributed by atoms with Crippen molar-refractivity contribution in [3.05, 3.63) is 64.2 Å². The standard InChI is InChI=1S/C20H21ClN2O2S2/c1-13-7-8-14(2)18(9-13)23-19-12-27(24,25)11-17(19)22-20(23)26-10-15-5-3-4-6-16(15)21/h3-9,17,19H,10-12H2,1-2H3. The molecule has 2 aromatic rings. The predicted octanol–water partition coefficient (Wildman–Crippen LogP) is 4.23. The number of rotatable bonds is 3. The Morgan fingerprint density at radius 3 is 2.74 bits per heavy atom. The molecule has 4 rings (SSSR count). The van der Waals surface area contributed by atoms with Crippen molar-refractivity contribution in [3.63, 3.8) is 0 Å². The lowest BCUT2D eigenvalue weighted by atomic mass is 10.1. The third kappa shape index (κ3) is 3.75. The summed E-state index contributed by atoms with van der Waals surface area (Å²) in [6, 6.07) is 13.8. The lowest BCUT2D eigenvalue weighted by molar-refractivity contribution is 0.601. The average Bonchev–Trinajstić information content (AvgIpc) is 3.07. The maximum atomic E-state index is 12.2. The van der Waals surface area contributed by atoms with Crippen LogP contribution in [0.15, 0.2) is 47.5 Å². The van der Waals surface area contributed by atoms with Gasteiger partial charge in [0, 0.05) is 16.5 Å². The molecule has 0 saturated carbocycles. The number of fused-ring (bicyclic) bond motifs is 1. The Bertz CT molecular complexity index is 1020. The number of anilines is 1. The van der Waals surface area contributed by atoms with E-state index in [0.717, 1.165) is 32.6 Å². The molecule has 2 aliphatic heterocycles. The van der Waals surface area contributed by atoms with Crippen LogP contribution >= 0.6 is 23.4 Å². The Morgan fingerprint density at radius 1 is 1.19 bits per heavy atom. The molecule has 1 fully saturated rings. The van der Waals surface area contributed by atoms with Crippen LogP contribution in [0.1, 0.15) is 16.7 Å². The zero-order valence-electron chi connectivity index (χ0n) is 15.2. The number of aryl methyl sites for hydroxylation is 2. The van der Waals surface area contributed by atoms with Gasteiger partial charge in [0.2, 0.25) is 0 Å². The maximum absolute atomic E-state index is 12.2. The van der Waals surface area contributed by atoms with Crippen molar-refractivity contribution in [1.82, 2.24) is 0 Å². The fourth-order valence-corrected chi connectivity index (χ4v) is 6.90. The van der Waals surface area contributed by atoms with Crippen molar-refractivity contribution in [2.24, 2.45) is 4.99 Å². The van der Waals surface area contributed by atoms with E-state index >= 15 is 0 Å². The molecule has 0 radical (unpaired) electrons. The van der Waals surface area contributed by atoms with E-state index in [4.69, 9.17) is 16.6 Å². The minimum Gasteiger partial charge on any atom is -0.315 e. The zero-order valence-corrected chi connectivity index (χ0v) is 17.6. The number of thioether (sulfide) groups is 1. The topological polar surface area (TPSA) is 49.7 Å². The van der Waals surface area contributed by atoms with E-state index in [9.17, 15) is 8.42 Å². The number of nitrogens with zero attached hydrogens (tertiary/aromatic N) is 2. The van der Waals surface area contributed by atoms with E-state index in [2.05, 4.69) is 36.9 Å². The van der Waals surface area contributed by atoms with Gasteiger partial charge in [0.25, 0.3) is 0 Å². The Balaban J connectivity index is 1.68. The SMILES string of the molecule is Cc1ccc(C)c(N2C(SCc3ccccc3Cl)=NC3CS(=O)(=O)CC32)c1. The second-order valence-electron chi connectivity index (χ2n) is 7.16. The number of aliphatic imine (C=N–C) groups is 1. The van der Waals surface area contributed by atoms with E-state index in [1.54, 1.807) is 11.8 Å². The highest BCUT2D eigenvalue weighted by atomic mass is 35.5. The molecule has 2 heterocycles. The fourth-order valence-electron chi connectivity index (χ4n) is 3.65. The van der Waals surface area contributed by atoms with E-state index < -0.39 is 9.84 Å². The molecule has 2 aromatic carbocycles. The molecule has 7 heteroatoms. The van der Waals surface area contributed by atoms with Crippen molar-refractivity contribution in [3.8, 4) is 0 Å². The third-order valence-corrected chi connectivity index (χ3v) is 8.13. The highest BCUT2D eigenvalue weighted by Crippen LogP contribution is 2.38. The normalized spacial score (nSPS) is 23.4. The number of amidine groups is 1. The van der Waals surface area contributed by atoms with Crippen LogP contribution in [0.2, 0.25) is 5.02 Å². The van der Waals surface area contributed by atoms with E-state index in [0.29, 0.717) is 5.75 Å². The minimum atomic E-state index is -3.05. The Labute approximate surface area is 169 Å². The van der Waals surface area contributed by atoms with Crippen molar-refractivity contribution in [2.75, 3.05) is 16.4 Å². The molecule has 2 aliphatic rings. The monoisotopic (exact) mass is 420 g/mol. The lowest BCUT2D eigenvalue weighted by Gasteiger charge is -2.28. The maximum Gasteiger partial charge on any atom is 0.164 e. The van der Waals surface area contributed by atoms with Crippen LogP contribution < -0.4 is 4.90 Å². The summed E-state index contributed by atoms with van der Waals surface area (Å²) >= 11 is 7.92. The molecule has 142 valence electrons. The lowest BCUT2D eigenvalue weighted by Crippen LogP contribution is -2.39. The van der Waals surface area contributed by atoms with Crippen LogP contribution in [0.25, 0.3) is 0 Å². The average molecular weight is 421 g/mol. The van der Waals surface area contributed by atoms with Gasteiger partial charge in [-0.2, -0.15) is 0 Å². The van der Waals surface area contributed by atoms with Gasteiger partial charge in [-0.3, -0.25) is 4.99 Å². The predicted molar refractivity (Wildman–Crippen MR) is 115 cm³/mol. The molecule has 0 bridgehead atoms. The Morgan fingerprint density at radius 2 is 1.96 bits per heavy atom. The fraction of sp³-hybridized carbons (Fsp3) is 0.350. The molecule has 0 spiro atoms. The smallest absolute Gasteiger partial charge is 0.164 e. The summed E-state index contributed by atoms with van der Waals surface area (Å²) in [6.07, 6.45) is 0. The van der Waals surface area contributed by atoms with Gasteiger partial charge in [-0.15, -0.1) is 0 Å². The highest BCUT2D eigenvalue weighted by Gasteiger charge is 2.47. The number of sulfone groups is 1. The van der Waals surface area contributed by atoms with Gasteiger partial charge < -0.3 is 4.90 Å². The van der Waals surface area contributed by atoms with Gasteiger partial charge in [-0.05, 0) is 42.7 Å². The summed E-state index contributed by atoms with van der Waals surface area (Å²) in [7, 11) is -3.05. The molecular weight excluding hydrogens is 400 g/mol. The molecular formula is C20H21ClN2O2S2. The van der Waals surface area contributed by atoms with Crippen molar-refractivity contribution >= 4 is 44.1 Å². The van der Waals surface area contributed by atoms with Gasteiger partial charge in [-0.1, -0.05) is 53.7 Å². The second kappa shape index (κ2) is 7.15. The molecule has 4 nitrogen and oxygen atoms in total. The number of hydrogen-bond acceptors (Lipinski definition) is 5. The van der Waals surface area contributed by atoms with Gasteiger partial charge in [-0.25, -0.2) is 8.42 Å². The molecule has 27 heavy (non-hydrogen) atoms. The van der Waals surface area contributed by atoms with Crippen molar-refractivity contribution in [1.29, 1.82) is 0 Å². The highest BCUT2D eigenvalue weighted by molar-refractivity contribution is 8.13. The second-order valence-corrected chi connectivity index (χ2v) is 10.7. The van der Waals surface area contributed by atoms with E-state index in [1.807, 2.05) is 24.3 Å². The number of benzene rings is 2. The van der Waals surface area contributed by atoms with E-state index in [-0.39, 0.29) is 23.6 Å². The molecule has 0 N–H and O–H groups in total. The Kier molecular flexibility index (Phi) is 4.99. The summed E-state index contributed by atoms with van der Waals surface area (Å²) in [5, 5.41) is 1.62. The van der Waals surface area contributed by atoms with Crippen LogP contribution in [0.5, 0.6) is 0 Å². The van der Waals surface area contributed by atoms with E-state index in [1.165, 1.54) is 0 Å². The quantitative estimate of drug-likeness (QED) is 0.745. The molecule has 2 atom stereocenters. The van der Waals surface area contributed by atoms with Gasteiger partial charge >= 0.3 is 0 Å². The van der Waals surface area contributed by atoms with Crippen LogP contribution in [-0.2, 0) is 15.6 Å². The molecule has 2 unspecified atom stereocenters. The molecule has 1 saturated heterocycles. The number of hydrogen-bond donors (Lipinski definition) is 0. The van der Waals surface area contributed by atoms with Crippen LogP contribution in [0.3, 0.4) is 0 Å². The zero-order chi connectivity index (χ0) is 19.2. The van der Waals surface area contributed by atoms with Crippen LogP contribution in [0.4, 0.5) is 5.69 Å². The van der Waals surface area contributed by atoms with Crippen LogP contribution in [0, 0.1) is 13.8 Å². The molecule has 0 aromatic heterocycles. The van der Waals surface area contributed by atoms with Gasteiger partial charge in [0.05, 0.1) is 23.6 Å². The van der Waals surface area contributed by atoms with Gasteiger partial charge in [0.15, 0.2) is 15.0 Å². The summed E-state index contributed by atoms with van der Waals surface area (Å²) in [6.45, 7) is 4.11. The first kappa shape index (κ1) is 18.8. The Hall–Kier alpha value is -1.50. The summed E-state index contributed by atoms with van der Waals surface area (Å²) in [5.41, 5.74) is 4.37. The van der Waals surface area contributed by atoms with Crippen LogP contribution in [-0.4, -0.2) is 37.2 Å².